The average Bonchev–Trinajstić information content (AvgIpc) is 3.40. The summed E-state index contributed by atoms with van der Waals surface area (Å²) in [6, 6.07) is 9.30. The minimum atomic E-state index is 0.0836. The lowest BCUT2D eigenvalue weighted by molar-refractivity contribution is 0.277. The number of nitrogens with zero attached hydrogens (tertiary/aromatic N) is 4. The summed E-state index contributed by atoms with van der Waals surface area (Å²) in [5.41, 5.74) is 2.37. The second-order valence-corrected chi connectivity index (χ2v) is 8.34. The van der Waals surface area contributed by atoms with E-state index in [0.717, 1.165) is 23.9 Å². The zero-order valence-corrected chi connectivity index (χ0v) is 17.0. The third kappa shape index (κ3) is 3.87. The van der Waals surface area contributed by atoms with E-state index in [-0.39, 0.29) is 12.1 Å². The van der Waals surface area contributed by atoms with Crippen molar-refractivity contribution in [3.63, 3.8) is 0 Å². The van der Waals surface area contributed by atoms with Gasteiger partial charge in [0, 0.05) is 37.7 Å². The summed E-state index contributed by atoms with van der Waals surface area (Å²) in [4.78, 5) is 9.16. The van der Waals surface area contributed by atoms with Crippen molar-refractivity contribution < 1.29 is 0 Å². The molecule has 0 spiro atoms. The number of pyridine rings is 1. The van der Waals surface area contributed by atoms with Crippen LogP contribution < -0.4 is 5.32 Å². The van der Waals surface area contributed by atoms with Gasteiger partial charge in [-0.1, -0.05) is 18.9 Å². The number of nitrogens with one attached hydrogen (secondary N) is 1. The van der Waals surface area contributed by atoms with E-state index in [0.29, 0.717) is 6.04 Å². The van der Waals surface area contributed by atoms with Gasteiger partial charge in [-0.3, -0.25) is 4.98 Å². The van der Waals surface area contributed by atoms with Crippen LogP contribution in [0.2, 0.25) is 0 Å². The molecule has 144 valence electrons. The molecule has 27 heavy (non-hydrogen) atoms. The van der Waals surface area contributed by atoms with Crippen LogP contribution in [0.1, 0.15) is 55.1 Å². The van der Waals surface area contributed by atoms with Gasteiger partial charge in [-0.05, 0) is 62.9 Å². The lowest BCUT2D eigenvalue weighted by Crippen LogP contribution is -2.35. The largest absolute Gasteiger partial charge is 0.352 e. The number of thiocarbonyl (C=S) groups is 1. The van der Waals surface area contributed by atoms with Crippen molar-refractivity contribution in [3.8, 4) is 0 Å². The van der Waals surface area contributed by atoms with Gasteiger partial charge >= 0.3 is 0 Å². The summed E-state index contributed by atoms with van der Waals surface area (Å²) in [7, 11) is 4.21. The third-order valence-corrected chi connectivity index (χ3v) is 6.16. The van der Waals surface area contributed by atoms with E-state index in [1.165, 1.54) is 31.2 Å². The Morgan fingerprint density at radius 2 is 2.04 bits per heavy atom. The van der Waals surface area contributed by atoms with E-state index in [4.69, 9.17) is 12.2 Å². The number of hydrogen-bond acceptors (Lipinski definition) is 3. The first-order valence-electron chi connectivity index (χ1n) is 9.93. The molecule has 0 aromatic carbocycles. The predicted octanol–water partition coefficient (Wildman–Crippen LogP) is 3.53. The molecule has 1 N–H and O–H groups in total. The smallest absolute Gasteiger partial charge is 0.170 e. The Bertz CT molecular complexity index is 766. The molecule has 2 aromatic rings. The Kier molecular flexibility index (Phi) is 5.45. The highest BCUT2D eigenvalue weighted by Crippen LogP contribution is 2.39. The molecule has 0 radical (unpaired) electrons. The van der Waals surface area contributed by atoms with Crippen LogP contribution in [0.25, 0.3) is 0 Å². The van der Waals surface area contributed by atoms with Crippen LogP contribution in [0.4, 0.5) is 0 Å². The molecule has 4 rings (SSSR count). The molecule has 2 fully saturated rings. The summed E-state index contributed by atoms with van der Waals surface area (Å²) in [5.74, 6) is 0. The fourth-order valence-corrected chi connectivity index (χ4v) is 4.68. The molecule has 2 atom stereocenters. The average molecular weight is 384 g/mol. The Morgan fingerprint density at radius 1 is 1.22 bits per heavy atom. The van der Waals surface area contributed by atoms with Crippen LogP contribution in [0, 0.1) is 0 Å². The minimum absolute atomic E-state index is 0.0836. The molecule has 2 aromatic heterocycles. The molecule has 0 amide bonds. The first-order chi connectivity index (χ1) is 13.1. The summed E-state index contributed by atoms with van der Waals surface area (Å²) in [6.45, 7) is 1.87. The van der Waals surface area contributed by atoms with Crippen molar-refractivity contribution in [2.75, 3.05) is 27.2 Å². The van der Waals surface area contributed by atoms with Crippen molar-refractivity contribution in [1.29, 1.82) is 0 Å². The summed E-state index contributed by atoms with van der Waals surface area (Å²) in [5, 5.41) is 4.36. The highest BCUT2D eigenvalue weighted by atomic mass is 32.1. The lowest BCUT2D eigenvalue weighted by atomic mass is 9.99. The van der Waals surface area contributed by atoms with Crippen LogP contribution in [0.15, 0.2) is 42.9 Å². The summed E-state index contributed by atoms with van der Waals surface area (Å²) in [6.07, 6.45) is 11.7. The maximum Gasteiger partial charge on any atom is 0.170 e. The highest BCUT2D eigenvalue weighted by Gasteiger charge is 2.40. The van der Waals surface area contributed by atoms with E-state index in [1.54, 1.807) is 0 Å². The van der Waals surface area contributed by atoms with Crippen molar-refractivity contribution >= 4 is 17.3 Å². The molecule has 1 saturated heterocycles. The van der Waals surface area contributed by atoms with Crippen molar-refractivity contribution in [2.24, 2.45) is 0 Å². The van der Waals surface area contributed by atoms with Gasteiger partial charge in [-0.2, -0.15) is 0 Å². The highest BCUT2D eigenvalue weighted by molar-refractivity contribution is 7.80. The first-order valence-corrected chi connectivity index (χ1v) is 10.3. The second kappa shape index (κ2) is 7.98. The van der Waals surface area contributed by atoms with Crippen LogP contribution in [0.3, 0.4) is 0 Å². The molecule has 3 heterocycles. The maximum absolute atomic E-state index is 5.72. The Labute approximate surface area is 167 Å². The molecule has 1 aliphatic heterocycles. The van der Waals surface area contributed by atoms with E-state index in [1.807, 2.05) is 12.3 Å². The molecule has 1 aliphatic carbocycles. The topological polar surface area (TPSA) is 36.3 Å². The minimum Gasteiger partial charge on any atom is -0.352 e. The van der Waals surface area contributed by atoms with Crippen molar-refractivity contribution in [2.45, 2.75) is 43.8 Å². The van der Waals surface area contributed by atoms with Gasteiger partial charge in [0.2, 0.25) is 0 Å². The molecule has 2 aliphatic rings. The predicted molar refractivity (Wildman–Crippen MR) is 113 cm³/mol. The van der Waals surface area contributed by atoms with E-state index in [9.17, 15) is 0 Å². The summed E-state index contributed by atoms with van der Waals surface area (Å²) < 4.78 is 2.42. The maximum atomic E-state index is 5.72. The zero-order chi connectivity index (χ0) is 18.8. The molecule has 5 nitrogen and oxygen atoms in total. The van der Waals surface area contributed by atoms with Crippen LogP contribution in [-0.2, 0) is 0 Å². The van der Waals surface area contributed by atoms with E-state index in [2.05, 4.69) is 69.4 Å². The van der Waals surface area contributed by atoms with Gasteiger partial charge in [0.15, 0.2) is 5.11 Å². The van der Waals surface area contributed by atoms with Crippen LogP contribution in [0.5, 0.6) is 0 Å². The number of hydrogen-bond donors (Lipinski definition) is 1. The number of rotatable bonds is 6. The SMILES string of the molecule is CN(C)CCN1C(=S)N[C@@H](c2ccccn2)[C@@H]1c1ccn(C2CCCC2)c1. The molecule has 1 saturated carbocycles. The van der Waals surface area contributed by atoms with E-state index >= 15 is 0 Å². The molecule has 0 bridgehead atoms. The fourth-order valence-electron chi connectivity index (χ4n) is 4.35. The Hall–Kier alpha value is -1.92. The molecular weight excluding hydrogens is 354 g/mol. The second-order valence-electron chi connectivity index (χ2n) is 7.95. The lowest BCUT2D eigenvalue weighted by Gasteiger charge is -2.28. The fraction of sp³-hybridized carbons (Fsp3) is 0.524. The molecule has 6 heteroatoms. The van der Waals surface area contributed by atoms with Gasteiger partial charge in [-0.15, -0.1) is 0 Å². The van der Waals surface area contributed by atoms with Gasteiger partial charge < -0.3 is 19.7 Å². The van der Waals surface area contributed by atoms with Crippen molar-refractivity contribution in [1.82, 2.24) is 24.7 Å². The molecule has 0 unspecified atom stereocenters. The van der Waals surface area contributed by atoms with Gasteiger partial charge in [-0.25, -0.2) is 0 Å². The number of aromatic nitrogens is 2. The van der Waals surface area contributed by atoms with Crippen LogP contribution in [-0.4, -0.2) is 51.6 Å². The third-order valence-electron chi connectivity index (χ3n) is 5.81. The van der Waals surface area contributed by atoms with Gasteiger partial charge in [0.25, 0.3) is 0 Å². The van der Waals surface area contributed by atoms with Gasteiger partial charge in [0.1, 0.15) is 0 Å². The van der Waals surface area contributed by atoms with Gasteiger partial charge in [0.05, 0.1) is 17.8 Å². The van der Waals surface area contributed by atoms with Crippen LogP contribution >= 0.6 is 12.2 Å². The molecular formula is C21H29N5S. The Morgan fingerprint density at radius 3 is 2.74 bits per heavy atom. The number of likely N-dealkylation sites (N-methyl/N-ethyl adjacent to an activating group) is 1. The van der Waals surface area contributed by atoms with Crippen molar-refractivity contribution in [3.05, 3.63) is 54.1 Å². The monoisotopic (exact) mass is 383 g/mol. The quantitative estimate of drug-likeness (QED) is 0.772. The summed E-state index contributed by atoms with van der Waals surface area (Å²) >= 11 is 5.72. The first kappa shape index (κ1) is 18.4. The Balaban J connectivity index is 1.65. The normalized spacial score (nSPS) is 23.4. The van der Waals surface area contributed by atoms with E-state index < -0.39 is 0 Å². The zero-order valence-electron chi connectivity index (χ0n) is 16.2. The standard InChI is InChI=1S/C21H29N5S/c1-24(2)13-14-26-20(16-10-12-25(15-16)17-7-3-4-8-17)19(23-21(26)27)18-9-5-6-11-22-18/h5-6,9-12,15,17,19-20H,3-4,7-8,13-14H2,1-2H3,(H,23,27)/t19-,20-/m0/s1.